The van der Waals surface area contributed by atoms with Crippen molar-refractivity contribution in [3.8, 4) is 0 Å². The predicted octanol–water partition coefficient (Wildman–Crippen LogP) is 3.61. The summed E-state index contributed by atoms with van der Waals surface area (Å²) in [6, 6.07) is 0. The van der Waals surface area contributed by atoms with Crippen LogP contribution in [-0.2, 0) is 4.79 Å². The number of hydrogen-bond donors (Lipinski definition) is 0. The van der Waals surface area contributed by atoms with Gasteiger partial charge in [-0.1, -0.05) is 19.8 Å². The second kappa shape index (κ2) is 6.05. The molecule has 7 heteroatoms. The first-order valence-electron chi connectivity index (χ1n) is 6.44. The van der Waals surface area contributed by atoms with Crippen LogP contribution >= 0.6 is 0 Å². The van der Waals surface area contributed by atoms with Crippen LogP contribution in [0.4, 0.5) is 22.0 Å². The maximum Gasteiger partial charge on any atom is 0.463 e. The average molecular weight is 287 g/mol. The molecule has 0 aromatic carbocycles. The van der Waals surface area contributed by atoms with E-state index >= 15 is 0 Å². The number of alkyl halides is 5. The van der Waals surface area contributed by atoms with Crippen molar-refractivity contribution in [3.63, 3.8) is 0 Å². The number of carbonyl (C=O) groups excluding carboxylic acids is 1. The van der Waals surface area contributed by atoms with Gasteiger partial charge in [-0.2, -0.15) is 22.0 Å². The zero-order valence-corrected chi connectivity index (χ0v) is 10.8. The molecule has 1 saturated heterocycles. The van der Waals surface area contributed by atoms with Gasteiger partial charge in [0.1, 0.15) is 0 Å². The van der Waals surface area contributed by atoms with Gasteiger partial charge in [0.2, 0.25) is 0 Å². The second-order valence-electron chi connectivity index (χ2n) is 4.95. The fraction of sp³-hybridized carbons (Fsp3) is 0.917. The molecule has 0 spiro atoms. The molecule has 0 N–H and O–H groups in total. The Morgan fingerprint density at radius 1 is 1.16 bits per heavy atom. The molecule has 19 heavy (non-hydrogen) atoms. The van der Waals surface area contributed by atoms with Crippen molar-refractivity contribution in [2.45, 2.75) is 51.1 Å². The number of hydrogen-bond acceptors (Lipinski definition) is 1. The van der Waals surface area contributed by atoms with E-state index in [0.717, 1.165) is 19.3 Å². The van der Waals surface area contributed by atoms with Gasteiger partial charge < -0.3 is 4.90 Å². The first-order chi connectivity index (χ1) is 8.70. The highest BCUT2D eigenvalue weighted by Crippen LogP contribution is 2.37. The lowest BCUT2D eigenvalue weighted by molar-refractivity contribution is -0.274. The Balaban J connectivity index is 2.68. The molecule has 1 aliphatic rings. The molecular weight excluding hydrogens is 269 g/mol. The predicted molar refractivity (Wildman–Crippen MR) is 59.8 cm³/mol. The summed E-state index contributed by atoms with van der Waals surface area (Å²) in [5, 5.41) is 0. The molecule has 0 bridgehead atoms. The van der Waals surface area contributed by atoms with Crippen LogP contribution in [0.3, 0.4) is 0 Å². The zero-order valence-electron chi connectivity index (χ0n) is 10.8. The number of likely N-dealkylation sites (tertiary alicyclic amines) is 1. The molecule has 1 aliphatic heterocycles. The second-order valence-corrected chi connectivity index (χ2v) is 4.95. The maximum atomic E-state index is 13.0. The smallest absolute Gasteiger partial charge is 0.337 e. The van der Waals surface area contributed by atoms with E-state index in [0.29, 0.717) is 23.7 Å². The van der Waals surface area contributed by atoms with Gasteiger partial charge in [-0.25, -0.2) is 0 Å². The Hall–Kier alpha value is -0.880. The molecule has 1 fully saturated rings. The minimum atomic E-state index is -5.82. The molecule has 1 amide bonds. The van der Waals surface area contributed by atoms with Crippen molar-refractivity contribution in [1.82, 2.24) is 4.90 Å². The minimum Gasteiger partial charge on any atom is -0.337 e. The lowest BCUT2D eigenvalue weighted by Crippen LogP contribution is -2.52. The van der Waals surface area contributed by atoms with Crippen LogP contribution in [0.2, 0.25) is 0 Å². The summed E-state index contributed by atoms with van der Waals surface area (Å²) in [6.45, 7) is 1.95. The van der Waals surface area contributed by atoms with Crippen LogP contribution in [-0.4, -0.2) is 36.0 Å². The fourth-order valence-electron chi connectivity index (χ4n) is 2.39. The molecule has 0 aromatic heterocycles. The van der Waals surface area contributed by atoms with Crippen LogP contribution in [0, 0.1) is 5.92 Å². The molecule has 1 heterocycles. The SMILES string of the molecule is CCCC1CCCN(C(=O)C(F)(F)C(F)(F)F)CC1. The van der Waals surface area contributed by atoms with Gasteiger partial charge in [0.15, 0.2) is 0 Å². The van der Waals surface area contributed by atoms with Gasteiger partial charge in [-0.05, 0) is 25.2 Å². The molecule has 2 nitrogen and oxygen atoms in total. The van der Waals surface area contributed by atoms with Crippen LogP contribution in [0.15, 0.2) is 0 Å². The number of carbonyl (C=O) groups is 1. The molecule has 1 rings (SSSR count). The summed E-state index contributed by atoms with van der Waals surface area (Å²) in [7, 11) is 0. The lowest BCUT2D eigenvalue weighted by Gasteiger charge is -2.27. The van der Waals surface area contributed by atoms with Crippen molar-refractivity contribution in [2.75, 3.05) is 13.1 Å². The molecular formula is C12H18F5NO. The van der Waals surface area contributed by atoms with E-state index in [9.17, 15) is 26.7 Å². The number of nitrogens with zero attached hydrogens (tertiary/aromatic N) is 1. The third-order valence-electron chi connectivity index (χ3n) is 3.46. The monoisotopic (exact) mass is 287 g/mol. The topological polar surface area (TPSA) is 20.3 Å². The first kappa shape index (κ1) is 16.2. The normalized spacial score (nSPS) is 22.2. The number of halogens is 5. The van der Waals surface area contributed by atoms with Crippen molar-refractivity contribution in [2.24, 2.45) is 5.92 Å². The Morgan fingerprint density at radius 3 is 2.32 bits per heavy atom. The minimum absolute atomic E-state index is 0.0187. The van der Waals surface area contributed by atoms with Crippen molar-refractivity contribution in [3.05, 3.63) is 0 Å². The van der Waals surface area contributed by atoms with E-state index in [1.165, 1.54) is 0 Å². The molecule has 0 saturated carbocycles. The van der Waals surface area contributed by atoms with Crippen LogP contribution in [0.25, 0.3) is 0 Å². The summed E-state index contributed by atoms with van der Waals surface area (Å²) in [5.74, 6) is -7.09. The zero-order chi connectivity index (χ0) is 14.7. The van der Waals surface area contributed by atoms with Crippen molar-refractivity contribution >= 4 is 5.91 Å². The number of rotatable bonds is 3. The standard InChI is InChI=1S/C12H18F5NO/c1-2-4-9-5-3-7-18(8-6-9)10(19)11(13,14)12(15,16)17/h9H,2-8H2,1H3. The van der Waals surface area contributed by atoms with E-state index in [4.69, 9.17) is 0 Å². The van der Waals surface area contributed by atoms with Crippen molar-refractivity contribution < 1.29 is 26.7 Å². The summed E-state index contributed by atoms with van der Waals surface area (Å²) >= 11 is 0. The first-order valence-corrected chi connectivity index (χ1v) is 6.44. The van der Waals surface area contributed by atoms with Gasteiger partial charge >= 0.3 is 18.0 Å². The van der Waals surface area contributed by atoms with Crippen LogP contribution < -0.4 is 0 Å². The Labute approximate surface area is 108 Å². The van der Waals surface area contributed by atoms with Gasteiger partial charge in [0, 0.05) is 13.1 Å². The molecule has 1 atom stereocenters. The highest BCUT2D eigenvalue weighted by atomic mass is 19.4. The van der Waals surface area contributed by atoms with Gasteiger partial charge in [-0.15, -0.1) is 0 Å². The summed E-state index contributed by atoms with van der Waals surface area (Å²) < 4.78 is 62.4. The third kappa shape index (κ3) is 3.79. The third-order valence-corrected chi connectivity index (χ3v) is 3.46. The molecule has 1 unspecified atom stereocenters. The number of amides is 1. The summed E-state index contributed by atoms with van der Waals surface area (Å²) in [4.78, 5) is 12.0. The molecule has 0 aliphatic carbocycles. The summed E-state index contributed by atoms with van der Waals surface area (Å²) in [6.07, 6.45) is -2.22. The molecule has 0 radical (unpaired) electrons. The lowest BCUT2D eigenvalue weighted by atomic mass is 9.96. The van der Waals surface area contributed by atoms with Gasteiger partial charge in [0.05, 0.1) is 0 Å². The van der Waals surface area contributed by atoms with E-state index < -0.39 is 18.0 Å². The van der Waals surface area contributed by atoms with E-state index in [-0.39, 0.29) is 13.1 Å². The highest BCUT2D eigenvalue weighted by Gasteiger charge is 2.64. The van der Waals surface area contributed by atoms with Gasteiger partial charge in [-0.3, -0.25) is 4.79 Å². The van der Waals surface area contributed by atoms with E-state index in [1.54, 1.807) is 0 Å². The van der Waals surface area contributed by atoms with Crippen LogP contribution in [0.5, 0.6) is 0 Å². The highest BCUT2D eigenvalue weighted by molar-refractivity contribution is 5.84. The Kier molecular flexibility index (Phi) is 5.15. The quantitative estimate of drug-likeness (QED) is 0.726. The van der Waals surface area contributed by atoms with E-state index in [2.05, 4.69) is 0 Å². The molecule has 112 valence electrons. The molecule has 0 aromatic rings. The average Bonchev–Trinajstić information content (AvgIpc) is 2.52. The summed E-state index contributed by atoms with van der Waals surface area (Å²) in [5.41, 5.74) is 0. The largest absolute Gasteiger partial charge is 0.463 e. The Bertz CT molecular complexity index is 316. The van der Waals surface area contributed by atoms with Gasteiger partial charge in [0.25, 0.3) is 0 Å². The van der Waals surface area contributed by atoms with Crippen LogP contribution in [0.1, 0.15) is 39.0 Å². The van der Waals surface area contributed by atoms with Crippen molar-refractivity contribution in [1.29, 1.82) is 0 Å². The Morgan fingerprint density at radius 2 is 1.79 bits per heavy atom. The maximum absolute atomic E-state index is 13.0. The fourth-order valence-corrected chi connectivity index (χ4v) is 2.39. The van der Waals surface area contributed by atoms with E-state index in [1.807, 2.05) is 6.92 Å².